The molecule has 0 saturated carbocycles. The fourth-order valence-corrected chi connectivity index (χ4v) is 7.26. The van der Waals surface area contributed by atoms with Gasteiger partial charge in [-0.05, 0) is 43.3 Å². The van der Waals surface area contributed by atoms with Gasteiger partial charge >= 0.3 is 0 Å². The molecule has 2 aliphatic heterocycles. The van der Waals surface area contributed by atoms with Crippen LogP contribution in [0.15, 0.2) is 97.1 Å². The fourth-order valence-electron chi connectivity index (χ4n) is 7.26. The number of hydrogen-bond donors (Lipinski definition) is 0. The van der Waals surface area contributed by atoms with Crippen LogP contribution in [0.2, 0.25) is 0 Å². The number of para-hydroxylation sites is 1. The molecule has 2 heterocycles. The molecule has 1 aliphatic carbocycles. The lowest BCUT2D eigenvalue weighted by molar-refractivity contribution is 0.0664. The number of benzene rings is 4. The van der Waals surface area contributed by atoms with Crippen molar-refractivity contribution in [1.29, 1.82) is 0 Å². The molecule has 1 saturated heterocycles. The van der Waals surface area contributed by atoms with Gasteiger partial charge in [0.1, 0.15) is 28.8 Å². The van der Waals surface area contributed by atoms with Gasteiger partial charge in [0.05, 0.1) is 19.8 Å². The van der Waals surface area contributed by atoms with Crippen LogP contribution in [-0.2, 0) is 0 Å². The zero-order chi connectivity index (χ0) is 29.9. The minimum absolute atomic E-state index is 0.292. The molecule has 1 spiro atoms. The molecule has 0 amide bonds. The Hall–Kier alpha value is -5.04. The smallest absolute Gasteiger partial charge is 0.186 e. The molecule has 7 rings (SSSR count). The highest BCUT2D eigenvalue weighted by Gasteiger charge is 2.72. The quantitative estimate of drug-likeness (QED) is 0.192. The lowest BCUT2D eigenvalue weighted by Crippen LogP contribution is -2.48. The topological polar surface area (TPSA) is 72.9 Å². The van der Waals surface area contributed by atoms with Crippen molar-refractivity contribution in [1.82, 2.24) is 0 Å². The van der Waals surface area contributed by atoms with Crippen LogP contribution in [0.25, 0.3) is 6.08 Å². The van der Waals surface area contributed by atoms with E-state index in [4.69, 9.17) is 9.47 Å². The van der Waals surface area contributed by atoms with Gasteiger partial charge in [-0.15, -0.1) is 0 Å². The molecule has 214 valence electrons. The summed E-state index contributed by atoms with van der Waals surface area (Å²) in [7, 11) is 1.53. The van der Waals surface area contributed by atoms with Crippen molar-refractivity contribution in [3.8, 4) is 11.5 Å². The summed E-state index contributed by atoms with van der Waals surface area (Å²) in [6.07, 6.45) is 3.52. The van der Waals surface area contributed by atoms with Crippen LogP contribution in [-0.4, -0.2) is 43.2 Å². The first-order valence-corrected chi connectivity index (χ1v) is 14.3. The van der Waals surface area contributed by atoms with E-state index in [1.165, 1.54) is 19.2 Å². The Kier molecular flexibility index (Phi) is 6.27. The van der Waals surface area contributed by atoms with E-state index in [9.17, 15) is 18.8 Å². The number of ketones is 3. The number of rotatable bonds is 6. The van der Waals surface area contributed by atoms with E-state index >= 15 is 0 Å². The number of hydrogen-bond acceptors (Lipinski definition) is 6. The van der Waals surface area contributed by atoms with Crippen molar-refractivity contribution in [3.63, 3.8) is 0 Å². The summed E-state index contributed by atoms with van der Waals surface area (Å²) in [5.41, 5.74) is 1.07. The second-order valence-electron chi connectivity index (χ2n) is 11.0. The van der Waals surface area contributed by atoms with Crippen LogP contribution in [0.1, 0.15) is 55.0 Å². The second-order valence-corrected chi connectivity index (χ2v) is 11.0. The number of methoxy groups -OCH3 is 1. The summed E-state index contributed by atoms with van der Waals surface area (Å²) < 4.78 is 26.0. The lowest BCUT2D eigenvalue weighted by atomic mass is 9.64. The van der Waals surface area contributed by atoms with E-state index in [0.717, 1.165) is 0 Å². The van der Waals surface area contributed by atoms with E-state index in [-0.39, 0.29) is 17.3 Å². The summed E-state index contributed by atoms with van der Waals surface area (Å²) in [5.74, 6) is -1.33. The first kappa shape index (κ1) is 26.8. The highest BCUT2D eigenvalue weighted by Crippen LogP contribution is 2.62. The highest BCUT2D eigenvalue weighted by molar-refractivity contribution is 6.32. The molecular weight excluding hydrogens is 545 g/mol. The maximum Gasteiger partial charge on any atom is 0.186 e. The van der Waals surface area contributed by atoms with Crippen molar-refractivity contribution in [2.75, 3.05) is 18.6 Å². The Morgan fingerprint density at radius 1 is 0.907 bits per heavy atom. The Morgan fingerprint density at radius 2 is 1.63 bits per heavy atom. The molecule has 1 fully saturated rings. The third kappa shape index (κ3) is 3.74. The number of anilines is 1. The average Bonchev–Trinajstić information content (AvgIpc) is 3.47. The monoisotopic (exact) mass is 573 g/mol. The second kappa shape index (κ2) is 10.1. The molecule has 43 heavy (non-hydrogen) atoms. The van der Waals surface area contributed by atoms with Gasteiger partial charge in [-0.1, -0.05) is 66.7 Å². The van der Waals surface area contributed by atoms with Crippen molar-refractivity contribution in [2.24, 2.45) is 5.41 Å². The average molecular weight is 574 g/mol. The molecule has 0 bridgehead atoms. The predicted octanol–water partition coefficient (Wildman–Crippen LogP) is 6.55. The molecular formula is C36H28FNO5. The summed E-state index contributed by atoms with van der Waals surface area (Å²) in [6, 6.07) is 23.5. The van der Waals surface area contributed by atoms with E-state index < -0.39 is 29.2 Å². The van der Waals surface area contributed by atoms with Crippen LogP contribution >= 0.6 is 0 Å². The SMILES string of the molecule is CCOc1ccccc1[C@@H]1[C@H](C(=O)c2cccc(OC)c2)N2c3ccc(F)cc3C=C[C@@H]2C12C(=O)c1ccccc1C2=O. The highest BCUT2D eigenvalue weighted by atomic mass is 19.1. The van der Waals surface area contributed by atoms with Gasteiger partial charge in [0, 0.05) is 39.4 Å². The molecule has 3 aliphatic rings. The van der Waals surface area contributed by atoms with Crippen LogP contribution in [0, 0.1) is 11.2 Å². The standard InChI is InChI=1S/C36H28FNO5/c1-3-43-29-14-7-6-13-27(29)31-32(33(39)22-9-8-10-24(20-22)42-2)38-28-17-16-23(37)19-21(28)15-18-30(38)36(31)34(40)25-11-4-5-12-26(25)35(36)41/h4-20,30-32H,3H2,1-2H3/t30-,31-,32-/m1/s1. The molecule has 0 aromatic heterocycles. The van der Waals surface area contributed by atoms with Crippen LogP contribution in [0.4, 0.5) is 10.1 Å². The normalized spacial score (nSPS) is 21.0. The van der Waals surface area contributed by atoms with Gasteiger partial charge in [-0.2, -0.15) is 0 Å². The van der Waals surface area contributed by atoms with Gasteiger partial charge in [0.2, 0.25) is 0 Å². The number of nitrogens with zero attached hydrogens (tertiary/aromatic N) is 1. The molecule has 7 heteroatoms. The van der Waals surface area contributed by atoms with Crippen molar-refractivity contribution in [3.05, 3.63) is 131 Å². The molecule has 6 nitrogen and oxygen atoms in total. The zero-order valence-electron chi connectivity index (χ0n) is 23.6. The number of carbonyl (C=O) groups is 3. The molecule has 0 unspecified atom stereocenters. The number of carbonyl (C=O) groups excluding carboxylic acids is 3. The minimum Gasteiger partial charge on any atom is -0.497 e. The lowest BCUT2D eigenvalue weighted by Gasteiger charge is -2.37. The van der Waals surface area contributed by atoms with Crippen LogP contribution < -0.4 is 14.4 Å². The predicted molar refractivity (Wildman–Crippen MR) is 161 cm³/mol. The van der Waals surface area contributed by atoms with Gasteiger partial charge in [0.25, 0.3) is 0 Å². The Bertz CT molecular complexity index is 1810. The Labute approximate surface area is 248 Å². The van der Waals surface area contributed by atoms with Gasteiger partial charge in [-0.25, -0.2) is 4.39 Å². The summed E-state index contributed by atoms with van der Waals surface area (Å²) >= 11 is 0. The third-order valence-corrected chi connectivity index (χ3v) is 8.94. The Morgan fingerprint density at radius 3 is 2.35 bits per heavy atom. The summed E-state index contributed by atoms with van der Waals surface area (Å²) in [4.78, 5) is 46.3. The van der Waals surface area contributed by atoms with Crippen molar-refractivity contribution >= 4 is 29.1 Å². The molecule has 4 aromatic carbocycles. The van der Waals surface area contributed by atoms with Crippen molar-refractivity contribution in [2.45, 2.75) is 24.9 Å². The zero-order valence-corrected chi connectivity index (χ0v) is 23.6. The number of ether oxygens (including phenoxy) is 2. The van der Waals surface area contributed by atoms with Gasteiger partial charge in [-0.3, -0.25) is 14.4 Å². The van der Waals surface area contributed by atoms with Crippen molar-refractivity contribution < 1.29 is 28.2 Å². The molecule has 0 radical (unpaired) electrons. The van der Waals surface area contributed by atoms with Gasteiger partial charge in [0.15, 0.2) is 17.3 Å². The maximum absolute atomic E-state index is 14.9. The first-order valence-electron chi connectivity index (χ1n) is 14.3. The Balaban J connectivity index is 1.56. The fraction of sp³-hybridized carbons (Fsp3) is 0.194. The first-order chi connectivity index (χ1) is 20.9. The molecule has 0 N–H and O–H groups in total. The molecule has 3 atom stereocenters. The molecule has 4 aromatic rings. The van der Waals surface area contributed by atoms with E-state index in [1.54, 1.807) is 72.8 Å². The maximum atomic E-state index is 14.9. The largest absolute Gasteiger partial charge is 0.497 e. The van der Waals surface area contributed by atoms with Crippen LogP contribution in [0.5, 0.6) is 11.5 Å². The van der Waals surface area contributed by atoms with E-state index in [1.807, 2.05) is 30.0 Å². The number of halogens is 1. The summed E-state index contributed by atoms with van der Waals surface area (Å²) in [6.45, 7) is 2.21. The number of fused-ring (bicyclic) bond motifs is 5. The van der Waals surface area contributed by atoms with Gasteiger partial charge < -0.3 is 14.4 Å². The minimum atomic E-state index is -1.68. The number of Topliss-reactive ketones (excluding diaryl/α,β-unsaturated/α-hetero) is 3. The van der Waals surface area contributed by atoms with Crippen LogP contribution in [0.3, 0.4) is 0 Å². The third-order valence-electron chi connectivity index (χ3n) is 8.94. The van der Waals surface area contributed by atoms with E-state index in [2.05, 4.69) is 0 Å². The van der Waals surface area contributed by atoms with E-state index in [0.29, 0.717) is 51.6 Å². The summed E-state index contributed by atoms with van der Waals surface area (Å²) in [5, 5.41) is 0.